The Hall–Kier alpha value is -1.08. The second-order valence-electron chi connectivity index (χ2n) is 5.37. The van der Waals surface area contributed by atoms with Gasteiger partial charge in [-0.05, 0) is 26.7 Å². The molecule has 0 spiro atoms. The Morgan fingerprint density at radius 3 is 2.29 bits per heavy atom. The molecule has 1 aliphatic carbocycles. The monoisotopic (exact) mass is 236 g/mol. The van der Waals surface area contributed by atoms with Crippen LogP contribution in [-0.2, 0) is 9.53 Å². The standard InChI is InChI=1S/C13H20N2O2/c1-10-7-15(8-11(2)17-10)12(16)13(9-14)5-3-4-6-13/h10-11H,3-8H2,1-2H3/t10-,11-/m0/s1. The normalized spacial score (nSPS) is 32.2. The van der Waals surface area contributed by atoms with E-state index in [0.29, 0.717) is 13.1 Å². The maximum Gasteiger partial charge on any atom is 0.243 e. The summed E-state index contributed by atoms with van der Waals surface area (Å²) in [7, 11) is 0. The average Bonchev–Trinajstić information content (AvgIpc) is 2.76. The zero-order chi connectivity index (χ0) is 12.5. The molecule has 1 saturated carbocycles. The van der Waals surface area contributed by atoms with E-state index in [1.165, 1.54) is 0 Å². The number of ether oxygens (including phenoxy) is 1. The van der Waals surface area contributed by atoms with Gasteiger partial charge in [0.15, 0.2) is 0 Å². The van der Waals surface area contributed by atoms with Gasteiger partial charge in [-0.3, -0.25) is 4.79 Å². The lowest BCUT2D eigenvalue weighted by molar-refractivity contribution is -0.150. The highest BCUT2D eigenvalue weighted by molar-refractivity contribution is 5.86. The van der Waals surface area contributed by atoms with E-state index in [9.17, 15) is 10.1 Å². The molecule has 2 fully saturated rings. The molecule has 0 aromatic heterocycles. The lowest BCUT2D eigenvalue weighted by atomic mass is 9.86. The Labute approximate surface area is 103 Å². The summed E-state index contributed by atoms with van der Waals surface area (Å²) in [5, 5.41) is 9.32. The van der Waals surface area contributed by atoms with Crippen LogP contribution in [0.15, 0.2) is 0 Å². The first-order valence-electron chi connectivity index (χ1n) is 6.43. The van der Waals surface area contributed by atoms with E-state index in [4.69, 9.17) is 4.74 Å². The van der Waals surface area contributed by atoms with E-state index in [0.717, 1.165) is 25.7 Å². The summed E-state index contributed by atoms with van der Waals surface area (Å²) in [5.41, 5.74) is -0.739. The molecule has 1 aliphatic heterocycles. The first kappa shape index (κ1) is 12.4. The minimum Gasteiger partial charge on any atom is -0.372 e. The molecule has 0 aromatic rings. The van der Waals surface area contributed by atoms with E-state index in [1.54, 1.807) is 0 Å². The molecule has 17 heavy (non-hydrogen) atoms. The zero-order valence-corrected chi connectivity index (χ0v) is 10.6. The number of hydrogen-bond donors (Lipinski definition) is 0. The van der Waals surface area contributed by atoms with E-state index in [-0.39, 0.29) is 18.1 Å². The van der Waals surface area contributed by atoms with Crippen LogP contribution in [0.2, 0.25) is 0 Å². The number of nitriles is 1. The van der Waals surface area contributed by atoms with Crippen molar-refractivity contribution < 1.29 is 9.53 Å². The number of hydrogen-bond acceptors (Lipinski definition) is 3. The number of morpholine rings is 1. The van der Waals surface area contributed by atoms with E-state index >= 15 is 0 Å². The van der Waals surface area contributed by atoms with Gasteiger partial charge in [0.1, 0.15) is 5.41 Å². The van der Waals surface area contributed by atoms with Crippen LogP contribution in [0.3, 0.4) is 0 Å². The van der Waals surface area contributed by atoms with Gasteiger partial charge < -0.3 is 9.64 Å². The van der Waals surface area contributed by atoms with Crippen LogP contribution in [-0.4, -0.2) is 36.1 Å². The minimum atomic E-state index is -0.739. The molecule has 0 bridgehead atoms. The van der Waals surface area contributed by atoms with Gasteiger partial charge >= 0.3 is 0 Å². The molecule has 94 valence electrons. The lowest BCUT2D eigenvalue weighted by Gasteiger charge is -2.38. The summed E-state index contributed by atoms with van der Waals surface area (Å²) >= 11 is 0. The fraction of sp³-hybridized carbons (Fsp3) is 0.846. The summed E-state index contributed by atoms with van der Waals surface area (Å²) in [6.45, 7) is 5.19. The highest BCUT2D eigenvalue weighted by atomic mass is 16.5. The third kappa shape index (κ3) is 2.30. The molecule has 4 nitrogen and oxygen atoms in total. The van der Waals surface area contributed by atoms with E-state index < -0.39 is 5.41 Å². The third-order valence-corrected chi connectivity index (χ3v) is 3.79. The average molecular weight is 236 g/mol. The van der Waals surface area contributed by atoms with Crippen molar-refractivity contribution in [1.29, 1.82) is 5.26 Å². The summed E-state index contributed by atoms with van der Waals surface area (Å²) in [6.07, 6.45) is 3.58. The van der Waals surface area contributed by atoms with Crippen molar-refractivity contribution in [2.45, 2.75) is 51.7 Å². The highest BCUT2D eigenvalue weighted by Gasteiger charge is 2.45. The van der Waals surface area contributed by atoms with Gasteiger partial charge in [0.2, 0.25) is 5.91 Å². The van der Waals surface area contributed by atoms with Gasteiger partial charge in [-0.15, -0.1) is 0 Å². The van der Waals surface area contributed by atoms with Gasteiger partial charge in [-0.25, -0.2) is 0 Å². The second-order valence-corrected chi connectivity index (χ2v) is 5.37. The van der Waals surface area contributed by atoms with Gasteiger partial charge in [0.25, 0.3) is 0 Å². The predicted molar refractivity (Wildman–Crippen MR) is 63.1 cm³/mol. The van der Waals surface area contributed by atoms with Crippen LogP contribution in [0.25, 0.3) is 0 Å². The van der Waals surface area contributed by atoms with Gasteiger partial charge in [0, 0.05) is 13.1 Å². The molecular weight excluding hydrogens is 216 g/mol. The van der Waals surface area contributed by atoms with Crippen molar-refractivity contribution in [2.24, 2.45) is 5.41 Å². The van der Waals surface area contributed by atoms with Crippen molar-refractivity contribution >= 4 is 5.91 Å². The third-order valence-electron chi connectivity index (χ3n) is 3.79. The second kappa shape index (κ2) is 4.66. The molecule has 0 unspecified atom stereocenters. The Morgan fingerprint density at radius 1 is 1.29 bits per heavy atom. The van der Waals surface area contributed by atoms with Crippen LogP contribution in [0.5, 0.6) is 0 Å². The number of rotatable bonds is 1. The van der Waals surface area contributed by atoms with Crippen LogP contribution >= 0.6 is 0 Å². The van der Waals surface area contributed by atoms with E-state index in [1.807, 2.05) is 18.7 Å². The van der Waals surface area contributed by atoms with Gasteiger partial charge in [-0.1, -0.05) is 12.8 Å². The smallest absolute Gasteiger partial charge is 0.243 e. The Morgan fingerprint density at radius 2 is 1.82 bits per heavy atom. The molecule has 1 amide bonds. The molecular formula is C13H20N2O2. The molecule has 0 radical (unpaired) electrons. The van der Waals surface area contributed by atoms with Crippen LogP contribution in [0.4, 0.5) is 0 Å². The summed E-state index contributed by atoms with van der Waals surface area (Å²) < 4.78 is 5.62. The van der Waals surface area contributed by atoms with Crippen molar-refractivity contribution in [3.05, 3.63) is 0 Å². The Bertz CT molecular complexity index is 332. The number of amides is 1. The fourth-order valence-corrected chi connectivity index (χ4v) is 3.00. The topological polar surface area (TPSA) is 53.3 Å². The molecule has 2 rings (SSSR count). The first-order chi connectivity index (χ1) is 8.07. The minimum absolute atomic E-state index is 0.0273. The van der Waals surface area contributed by atoms with Crippen molar-refractivity contribution in [3.8, 4) is 6.07 Å². The van der Waals surface area contributed by atoms with Crippen molar-refractivity contribution in [3.63, 3.8) is 0 Å². The number of carbonyl (C=O) groups is 1. The zero-order valence-electron chi connectivity index (χ0n) is 10.6. The summed E-state index contributed by atoms with van der Waals surface area (Å²) in [6, 6.07) is 2.27. The molecule has 0 aromatic carbocycles. The van der Waals surface area contributed by atoms with Crippen LogP contribution < -0.4 is 0 Å². The van der Waals surface area contributed by atoms with Gasteiger partial charge in [0.05, 0.1) is 18.3 Å². The Kier molecular flexibility index (Phi) is 3.39. The van der Waals surface area contributed by atoms with Crippen LogP contribution in [0, 0.1) is 16.7 Å². The summed E-state index contributed by atoms with van der Waals surface area (Å²) in [4.78, 5) is 14.3. The van der Waals surface area contributed by atoms with Crippen molar-refractivity contribution in [1.82, 2.24) is 4.90 Å². The summed E-state index contributed by atoms with van der Waals surface area (Å²) in [5.74, 6) is 0.0273. The SMILES string of the molecule is C[C@H]1CN(C(=O)C2(C#N)CCCC2)C[C@H](C)O1. The van der Waals surface area contributed by atoms with E-state index in [2.05, 4.69) is 6.07 Å². The quantitative estimate of drug-likeness (QED) is 0.696. The number of nitrogens with zero attached hydrogens (tertiary/aromatic N) is 2. The maximum absolute atomic E-state index is 12.5. The molecule has 2 aliphatic rings. The number of carbonyl (C=O) groups excluding carboxylic acids is 1. The van der Waals surface area contributed by atoms with Crippen LogP contribution in [0.1, 0.15) is 39.5 Å². The maximum atomic E-state index is 12.5. The molecule has 1 saturated heterocycles. The fourth-order valence-electron chi connectivity index (χ4n) is 3.00. The predicted octanol–water partition coefficient (Wildman–Crippen LogP) is 1.71. The molecule has 4 heteroatoms. The lowest BCUT2D eigenvalue weighted by Crippen LogP contribution is -2.52. The Balaban J connectivity index is 2.11. The largest absolute Gasteiger partial charge is 0.372 e. The molecule has 0 N–H and O–H groups in total. The highest BCUT2D eigenvalue weighted by Crippen LogP contribution is 2.39. The van der Waals surface area contributed by atoms with Crippen molar-refractivity contribution in [2.75, 3.05) is 13.1 Å². The first-order valence-corrected chi connectivity index (χ1v) is 6.43. The molecule has 1 heterocycles. The molecule has 2 atom stereocenters. The van der Waals surface area contributed by atoms with Gasteiger partial charge in [-0.2, -0.15) is 5.26 Å².